The Morgan fingerprint density at radius 2 is 1.64 bits per heavy atom. The van der Waals surface area contributed by atoms with E-state index in [1.807, 2.05) is 35.8 Å². The minimum absolute atomic E-state index is 0.107. The van der Waals surface area contributed by atoms with E-state index >= 15 is 0 Å². The van der Waals surface area contributed by atoms with Gasteiger partial charge in [0, 0.05) is 23.6 Å². The van der Waals surface area contributed by atoms with Gasteiger partial charge in [0.05, 0.1) is 39.1 Å². The van der Waals surface area contributed by atoms with Crippen molar-refractivity contribution in [1.29, 1.82) is 0 Å². The van der Waals surface area contributed by atoms with Gasteiger partial charge in [0.25, 0.3) is 5.91 Å². The second kappa shape index (κ2) is 9.41. The molecular formula is C28H33N3O5. The summed E-state index contributed by atoms with van der Waals surface area (Å²) >= 11 is 0. The van der Waals surface area contributed by atoms with Crippen molar-refractivity contribution < 1.29 is 23.8 Å². The summed E-state index contributed by atoms with van der Waals surface area (Å²) < 4.78 is 18.5. The highest BCUT2D eigenvalue weighted by Gasteiger charge is 2.50. The van der Waals surface area contributed by atoms with E-state index in [0.29, 0.717) is 28.6 Å². The van der Waals surface area contributed by atoms with Crippen molar-refractivity contribution >= 4 is 28.4 Å². The van der Waals surface area contributed by atoms with Crippen LogP contribution in [0.3, 0.4) is 0 Å². The van der Waals surface area contributed by atoms with Gasteiger partial charge in [-0.15, -0.1) is 0 Å². The molecule has 190 valence electrons. The summed E-state index contributed by atoms with van der Waals surface area (Å²) in [4.78, 5) is 29.8. The first kappa shape index (κ1) is 24.0. The molecule has 8 heteroatoms. The predicted octanol–water partition coefficient (Wildman–Crippen LogP) is 4.54. The number of aromatic nitrogens is 1. The fourth-order valence-corrected chi connectivity index (χ4v) is 5.53. The molecule has 1 atom stereocenters. The Kier molecular flexibility index (Phi) is 6.28. The maximum atomic E-state index is 14.2. The number of nitrogens with one attached hydrogen (secondary N) is 1. The molecule has 2 aliphatic rings. The molecule has 0 radical (unpaired) electrons. The third kappa shape index (κ3) is 3.94. The zero-order valence-electron chi connectivity index (χ0n) is 21.3. The van der Waals surface area contributed by atoms with Crippen molar-refractivity contribution in [3.63, 3.8) is 0 Å². The number of amides is 2. The van der Waals surface area contributed by atoms with Crippen LogP contribution in [0.4, 0.5) is 5.69 Å². The molecule has 0 spiro atoms. The van der Waals surface area contributed by atoms with Crippen molar-refractivity contribution in [2.24, 2.45) is 0 Å². The summed E-state index contributed by atoms with van der Waals surface area (Å²) in [5, 5.41) is 4.18. The molecule has 0 unspecified atom stereocenters. The number of anilines is 1. The minimum Gasteiger partial charge on any atom is -0.497 e. The van der Waals surface area contributed by atoms with E-state index in [1.165, 1.54) is 6.42 Å². The SMILES string of the molecule is COc1ccc(OC)c(N2C(=O)c3cc4ccc(OC)cc4n3C[C@@]2(C)C(=O)NC2CCCCC2)c1. The van der Waals surface area contributed by atoms with Crippen LogP contribution in [0.1, 0.15) is 49.5 Å². The molecule has 2 aromatic carbocycles. The van der Waals surface area contributed by atoms with Crippen molar-refractivity contribution in [1.82, 2.24) is 9.88 Å². The third-order valence-corrected chi connectivity index (χ3v) is 7.55. The van der Waals surface area contributed by atoms with Gasteiger partial charge in [-0.05, 0) is 50.1 Å². The molecule has 8 nitrogen and oxygen atoms in total. The standard InChI is InChI=1S/C28H33N3O5/c1-28(27(33)29-19-8-6-5-7-9-19)17-30-22-15-20(34-2)11-10-18(22)14-24(30)26(32)31(28)23-16-21(35-3)12-13-25(23)36-4/h10-16,19H,5-9,17H2,1-4H3,(H,29,33)/t28-/m0/s1. The number of ether oxygens (including phenoxy) is 3. The van der Waals surface area contributed by atoms with Crippen LogP contribution in [-0.2, 0) is 11.3 Å². The van der Waals surface area contributed by atoms with E-state index < -0.39 is 5.54 Å². The zero-order valence-corrected chi connectivity index (χ0v) is 21.3. The monoisotopic (exact) mass is 491 g/mol. The molecule has 0 saturated heterocycles. The maximum Gasteiger partial charge on any atom is 0.276 e. The first-order chi connectivity index (χ1) is 17.4. The molecule has 1 saturated carbocycles. The first-order valence-corrected chi connectivity index (χ1v) is 12.4. The molecular weight excluding hydrogens is 458 g/mol. The van der Waals surface area contributed by atoms with Crippen LogP contribution in [0.15, 0.2) is 42.5 Å². The smallest absolute Gasteiger partial charge is 0.276 e. The number of carbonyl (C=O) groups is 2. The summed E-state index contributed by atoms with van der Waals surface area (Å²) in [5.41, 5.74) is 0.644. The molecule has 1 aliphatic heterocycles. The van der Waals surface area contributed by atoms with E-state index in [-0.39, 0.29) is 24.4 Å². The molecule has 1 aromatic heterocycles. The number of carbonyl (C=O) groups excluding carboxylic acids is 2. The molecule has 0 bridgehead atoms. The Balaban J connectivity index is 1.67. The normalized spacial score (nSPS) is 20.2. The van der Waals surface area contributed by atoms with Gasteiger partial charge in [-0.2, -0.15) is 0 Å². The molecule has 3 aromatic rings. The number of methoxy groups -OCH3 is 3. The highest BCUT2D eigenvalue weighted by molar-refractivity contribution is 6.14. The average molecular weight is 492 g/mol. The Hall–Kier alpha value is -3.68. The topological polar surface area (TPSA) is 82.0 Å². The minimum atomic E-state index is -1.21. The average Bonchev–Trinajstić information content (AvgIpc) is 3.26. The molecule has 1 aliphatic carbocycles. The largest absolute Gasteiger partial charge is 0.497 e. The van der Waals surface area contributed by atoms with Crippen LogP contribution in [-0.4, -0.2) is 49.3 Å². The lowest BCUT2D eigenvalue weighted by molar-refractivity contribution is -0.127. The lowest BCUT2D eigenvalue weighted by Crippen LogP contribution is -2.65. The van der Waals surface area contributed by atoms with Gasteiger partial charge in [-0.1, -0.05) is 19.3 Å². The number of hydrogen-bond acceptors (Lipinski definition) is 5. The molecule has 1 fully saturated rings. The third-order valence-electron chi connectivity index (χ3n) is 7.55. The lowest BCUT2D eigenvalue weighted by atomic mass is 9.90. The van der Waals surface area contributed by atoms with Crippen LogP contribution in [0, 0.1) is 0 Å². The Morgan fingerprint density at radius 1 is 0.944 bits per heavy atom. The molecule has 36 heavy (non-hydrogen) atoms. The van der Waals surface area contributed by atoms with E-state index in [2.05, 4.69) is 5.32 Å². The van der Waals surface area contributed by atoms with Crippen LogP contribution in [0.25, 0.3) is 10.9 Å². The van der Waals surface area contributed by atoms with Crippen molar-refractivity contribution in [2.75, 3.05) is 26.2 Å². The summed E-state index contributed by atoms with van der Waals surface area (Å²) in [5.74, 6) is 1.31. The van der Waals surface area contributed by atoms with Gasteiger partial charge in [-0.3, -0.25) is 14.5 Å². The molecule has 2 heterocycles. The van der Waals surface area contributed by atoms with Gasteiger partial charge in [0.15, 0.2) is 0 Å². The van der Waals surface area contributed by atoms with Gasteiger partial charge >= 0.3 is 0 Å². The Bertz CT molecular complexity index is 1310. The van der Waals surface area contributed by atoms with Crippen molar-refractivity contribution in [2.45, 2.75) is 57.2 Å². The van der Waals surface area contributed by atoms with Gasteiger partial charge in [0.2, 0.25) is 5.91 Å². The van der Waals surface area contributed by atoms with E-state index in [1.54, 1.807) is 44.4 Å². The van der Waals surface area contributed by atoms with Crippen LogP contribution in [0.2, 0.25) is 0 Å². The summed E-state index contributed by atoms with van der Waals surface area (Å²) in [7, 11) is 4.75. The number of fused-ring (bicyclic) bond motifs is 3. The fraction of sp³-hybridized carbons (Fsp3) is 0.429. The fourth-order valence-electron chi connectivity index (χ4n) is 5.53. The molecule has 5 rings (SSSR count). The molecule has 1 N–H and O–H groups in total. The summed E-state index contributed by atoms with van der Waals surface area (Å²) in [6, 6.07) is 13.0. The molecule has 2 amide bonds. The van der Waals surface area contributed by atoms with Gasteiger partial charge in [0.1, 0.15) is 28.5 Å². The van der Waals surface area contributed by atoms with Crippen molar-refractivity contribution in [3.8, 4) is 17.2 Å². The Labute approximate surface area is 211 Å². The summed E-state index contributed by atoms with van der Waals surface area (Å²) in [6.45, 7) is 2.11. The first-order valence-electron chi connectivity index (χ1n) is 12.4. The van der Waals surface area contributed by atoms with Crippen molar-refractivity contribution in [3.05, 3.63) is 48.2 Å². The quantitative estimate of drug-likeness (QED) is 0.548. The zero-order chi connectivity index (χ0) is 25.4. The Morgan fingerprint density at radius 3 is 2.33 bits per heavy atom. The maximum absolute atomic E-state index is 14.2. The number of hydrogen-bond donors (Lipinski definition) is 1. The van der Waals surface area contributed by atoms with Crippen LogP contribution in [0.5, 0.6) is 17.2 Å². The van der Waals surface area contributed by atoms with Gasteiger partial charge < -0.3 is 24.1 Å². The second-order valence-corrected chi connectivity index (χ2v) is 9.80. The predicted molar refractivity (Wildman–Crippen MR) is 138 cm³/mol. The highest BCUT2D eigenvalue weighted by Crippen LogP contribution is 2.42. The van der Waals surface area contributed by atoms with E-state index in [4.69, 9.17) is 14.2 Å². The number of nitrogens with zero attached hydrogens (tertiary/aromatic N) is 2. The summed E-state index contributed by atoms with van der Waals surface area (Å²) in [6.07, 6.45) is 5.29. The van der Waals surface area contributed by atoms with Crippen LogP contribution < -0.4 is 24.4 Å². The highest BCUT2D eigenvalue weighted by atomic mass is 16.5. The van der Waals surface area contributed by atoms with Crippen LogP contribution >= 0.6 is 0 Å². The van der Waals surface area contributed by atoms with E-state index in [0.717, 1.165) is 36.6 Å². The number of rotatable bonds is 6. The number of benzene rings is 2. The van der Waals surface area contributed by atoms with Gasteiger partial charge in [-0.25, -0.2) is 0 Å². The lowest BCUT2D eigenvalue weighted by Gasteiger charge is -2.45. The second-order valence-electron chi connectivity index (χ2n) is 9.80. The van der Waals surface area contributed by atoms with E-state index in [9.17, 15) is 9.59 Å².